The number of anilines is 1. The Labute approximate surface area is 132 Å². The van der Waals surface area contributed by atoms with Crippen LogP contribution < -0.4 is 11.5 Å². The molecule has 0 unspecified atom stereocenters. The van der Waals surface area contributed by atoms with E-state index in [9.17, 15) is 9.90 Å². The highest BCUT2D eigenvalue weighted by atomic mass is 16.3. The van der Waals surface area contributed by atoms with Crippen LogP contribution in [0.5, 0.6) is 5.75 Å². The summed E-state index contributed by atoms with van der Waals surface area (Å²) in [5.41, 5.74) is 15.0. The smallest absolute Gasteiger partial charge is 0.269 e. The average Bonchev–Trinajstić information content (AvgIpc) is 2.52. The van der Waals surface area contributed by atoms with E-state index in [0.717, 1.165) is 0 Å². The second-order valence-electron chi connectivity index (χ2n) is 5.21. The van der Waals surface area contributed by atoms with Crippen molar-refractivity contribution in [2.24, 2.45) is 5.73 Å². The van der Waals surface area contributed by atoms with E-state index in [0.29, 0.717) is 33.4 Å². The van der Waals surface area contributed by atoms with Gasteiger partial charge in [-0.05, 0) is 26.0 Å². The van der Waals surface area contributed by atoms with E-state index < -0.39 is 5.91 Å². The lowest BCUT2D eigenvalue weighted by molar-refractivity contribution is 0.0997. The largest absolute Gasteiger partial charge is 0.506 e. The van der Waals surface area contributed by atoms with Gasteiger partial charge in [0.05, 0.1) is 22.9 Å². The Kier molecular flexibility index (Phi) is 3.33. The molecule has 116 valence electrons. The second-order valence-corrected chi connectivity index (χ2v) is 5.21. The van der Waals surface area contributed by atoms with Crippen molar-refractivity contribution in [2.75, 3.05) is 5.73 Å². The van der Waals surface area contributed by atoms with Gasteiger partial charge in [0.2, 0.25) is 0 Å². The lowest BCUT2D eigenvalue weighted by Gasteiger charge is -2.16. The number of nitrogens with zero attached hydrogens (tertiary/aromatic N) is 3. The molecule has 0 fully saturated rings. The Morgan fingerprint density at radius 2 is 1.96 bits per heavy atom. The maximum absolute atomic E-state index is 11.7. The number of fused-ring (bicyclic) bond motifs is 1. The zero-order chi connectivity index (χ0) is 16.7. The zero-order valence-corrected chi connectivity index (χ0v) is 12.7. The molecule has 0 spiro atoms. The van der Waals surface area contributed by atoms with Crippen molar-refractivity contribution >= 4 is 22.6 Å². The number of nitrogens with two attached hydrogens (primary N) is 2. The Morgan fingerprint density at radius 1 is 1.22 bits per heavy atom. The van der Waals surface area contributed by atoms with Crippen LogP contribution in [0.1, 0.15) is 21.7 Å². The second kappa shape index (κ2) is 5.20. The van der Waals surface area contributed by atoms with Gasteiger partial charge in [-0.15, -0.1) is 0 Å². The average molecular weight is 309 g/mol. The van der Waals surface area contributed by atoms with E-state index >= 15 is 0 Å². The van der Waals surface area contributed by atoms with Crippen molar-refractivity contribution in [1.82, 2.24) is 15.0 Å². The number of carbonyl (C=O) groups excluding carboxylic acids is 1. The van der Waals surface area contributed by atoms with Crippen LogP contribution in [0.2, 0.25) is 0 Å². The number of aromatic nitrogens is 3. The van der Waals surface area contributed by atoms with Gasteiger partial charge in [0.1, 0.15) is 5.75 Å². The van der Waals surface area contributed by atoms with Crippen molar-refractivity contribution in [2.45, 2.75) is 13.8 Å². The van der Waals surface area contributed by atoms with Crippen molar-refractivity contribution < 1.29 is 9.90 Å². The number of aromatic hydroxyl groups is 1. The third-order valence-electron chi connectivity index (χ3n) is 3.76. The Balaban J connectivity index is 2.53. The molecule has 3 rings (SSSR count). The van der Waals surface area contributed by atoms with Gasteiger partial charge in [-0.3, -0.25) is 14.8 Å². The van der Waals surface area contributed by atoms with Crippen molar-refractivity contribution in [1.29, 1.82) is 0 Å². The fourth-order valence-electron chi connectivity index (χ4n) is 2.63. The number of primary amides is 1. The Hall–Kier alpha value is -3.22. The SMILES string of the molecule is Cc1ncc(O)c(C)c1-c1c(N)c(C(N)=O)nc2cccnc12. The summed E-state index contributed by atoms with van der Waals surface area (Å²) >= 11 is 0. The summed E-state index contributed by atoms with van der Waals surface area (Å²) in [5.74, 6) is -0.690. The van der Waals surface area contributed by atoms with Gasteiger partial charge in [-0.25, -0.2) is 4.98 Å². The minimum absolute atomic E-state index is 0.0253. The van der Waals surface area contributed by atoms with Gasteiger partial charge < -0.3 is 16.6 Å². The molecule has 0 aliphatic rings. The molecule has 23 heavy (non-hydrogen) atoms. The summed E-state index contributed by atoms with van der Waals surface area (Å²) in [4.78, 5) is 24.4. The van der Waals surface area contributed by atoms with Crippen LogP contribution in [0.15, 0.2) is 24.5 Å². The van der Waals surface area contributed by atoms with E-state index in [1.165, 1.54) is 6.20 Å². The zero-order valence-electron chi connectivity index (χ0n) is 12.7. The predicted molar refractivity (Wildman–Crippen MR) is 86.8 cm³/mol. The van der Waals surface area contributed by atoms with Gasteiger partial charge in [0.15, 0.2) is 5.69 Å². The highest BCUT2D eigenvalue weighted by Crippen LogP contribution is 2.39. The van der Waals surface area contributed by atoms with Crippen LogP contribution in [0, 0.1) is 13.8 Å². The maximum Gasteiger partial charge on any atom is 0.269 e. The molecule has 7 heteroatoms. The minimum atomic E-state index is -0.724. The molecule has 0 bridgehead atoms. The molecule has 3 heterocycles. The first-order valence-electron chi connectivity index (χ1n) is 6.91. The quantitative estimate of drug-likeness (QED) is 0.661. The van der Waals surface area contributed by atoms with E-state index in [4.69, 9.17) is 11.5 Å². The first-order valence-corrected chi connectivity index (χ1v) is 6.91. The van der Waals surface area contributed by atoms with Crippen LogP contribution in [0.3, 0.4) is 0 Å². The lowest BCUT2D eigenvalue weighted by atomic mass is 9.95. The normalized spacial score (nSPS) is 10.9. The molecule has 0 radical (unpaired) electrons. The van der Waals surface area contributed by atoms with Crippen LogP contribution in [-0.2, 0) is 0 Å². The first-order chi connectivity index (χ1) is 10.9. The van der Waals surface area contributed by atoms with Crippen LogP contribution >= 0.6 is 0 Å². The van der Waals surface area contributed by atoms with Gasteiger partial charge in [0.25, 0.3) is 5.91 Å². The fraction of sp³-hybridized carbons (Fsp3) is 0.125. The summed E-state index contributed by atoms with van der Waals surface area (Å²) in [6.07, 6.45) is 2.98. The van der Waals surface area contributed by atoms with E-state index in [2.05, 4.69) is 15.0 Å². The molecule has 5 N–H and O–H groups in total. The molecule has 7 nitrogen and oxygen atoms in total. The highest BCUT2D eigenvalue weighted by molar-refractivity contribution is 6.08. The first kappa shape index (κ1) is 14.7. The van der Waals surface area contributed by atoms with Crippen molar-refractivity contribution in [3.05, 3.63) is 41.5 Å². The van der Waals surface area contributed by atoms with Crippen molar-refractivity contribution in [3.8, 4) is 16.9 Å². The number of hydrogen-bond donors (Lipinski definition) is 3. The molecule has 0 aliphatic heterocycles. The third kappa shape index (κ3) is 2.22. The standard InChI is InChI=1S/C16H15N5O2/c1-7-10(22)6-20-8(2)11(7)12-13(17)15(16(18)23)21-9-4-3-5-19-14(9)12/h3-6,22H,17H2,1-2H3,(H2,18,23). The molecule has 0 saturated carbocycles. The monoisotopic (exact) mass is 309 g/mol. The van der Waals surface area contributed by atoms with Crippen molar-refractivity contribution in [3.63, 3.8) is 0 Å². The molecular weight excluding hydrogens is 294 g/mol. The lowest BCUT2D eigenvalue weighted by Crippen LogP contribution is -2.17. The Morgan fingerprint density at radius 3 is 2.65 bits per heavy atom. The van der Waals surface area contributed by atoms with Crippen LogP contribution in [-0.4, -0.2) is 26.0 Å². The molecule has 3 aromatic heterocycles. The topological polar surface area (TPSA) is 128 Å². The number of pyridine rings is 3. The predicted octanol–water partition coefficient (Wildman–Crippen LogP) is 1.70. The molecule has 3 aromatic rings. The summed E-state index contributed by atoms with van der Waals surface area (Å²) < 4.78 is 0. The van der Waals surface area contributed by atoms with E-state index in [1.807, 2.05) is 0 Å². The molecule has 0 aromatic carbocycles. The van der Waals surface area contributed by atoms with Gasteiger partial charge in [-0.2, -0.15) is 0 Å². The third-order valence-corrected chi connectivity index (χ3v) is 3.76. The van der Waals surface area contributed by atoms with E-state index in [1.54, 1.807) is 32.2 Å². The summed E-state index contributed by atoms with van der Waals surface area (Å²) in [6, 6.07) is 3.43. The van der Waals surface area contributed by atoms with Crippen LogP contribution in [0.25, 0.3) is 22.2 Å². The number of aryl methyl sites for hydroxylation is 1. The molecule has 0 aliphatic carbocycles. The Bertz CT molecular complexity index is 953. The van der Waals surface area contributed by atoms with Crippen LogP contribution in [0.4, 0.5) is 5.69 Å². The summed E-state index contributed by atoms with van der Waals surface area (Å²) in [5, 5.41) is 10.00. The van der Waals surface area contributed by atoms with E-state index in [-0.39, 0.29) is 17.1 Å². The number of rotatable bonds is 2. The summed E-state index contributed by atoms with van der Waals surface area (Å²) in [6.45, 7) is 3.54. The van der Waals surface area contributed by atoms with Gasteiger partial charge in [-0.1, -0.05) is 0 Å². The van der Waals surface area contributed by atoms with Gasteiger partial charge in [0, 0.05) is 28.6 Å². The number of carbonyl (C=O) groups is 1. The molecule has 0 atom stereocenters. The number of nitrogen functional groups attached to an aromatic ring is 1. The molecular formula is C16H15N5O2. The highest BCUT2D eigenvalue weighted by Gasteiger charge is 2.22. The fourth-order valence-corrected chi connectivity index (χ4v) is 2.63. The molecule has 1 amide bonds. The minimum Gasteiger partial charge on any atom is -0.506 e. The molecule has 0 saturated heterocycles. The number of hydrogen-bond acceptors (Lipinski definition) is 6. The van der Waals surface area contributed by atoms with Gasteiger partial charge >= 0.3 is 0 Å². The maximum atomic E-state index is 11.7. The number of amides is 1. The summed E-state index contributed by atoms with van der Waals surface area (Å²) in [7, 11) is 0.